The van der Waals surface area contributed by atoms with Gasteiger partial charge in [0, 0.05) is 27.7 Å². The van der Waals surface area contributed by atoms with E-state index in [0.717, 1.165) is 33.2 Å². The van der Waals surface area contributed by atoms with Gasteiger partial charge in [-0.2, -0.15) is 0 Å². The first-order valence-corrected chi connectivity index (χ1v) is 8.90. The molecular weight excluding hydrogens is 374 g/mol. The number of amidine groups is 1. The summed E-state index contributed by atoms with van der Waals surface area (Å²) in [7, 11) is 0. The molecule has 4 aromatic rings. The summed E-state index contributed by atoms with van der Waals surface area (Å²) < 4.78 is 0. The number of benzene rings is 3. The van der Waals surface area contributed by atoms with Crippen LogP contribution < -0.4 is 5.73 Å². The van der Waals surface area contributed by atoms with Crippen molar-refractivity contribution in [3.63, 3.8) is 0 Å². The topological polar surface area (TPSA) is 91.7 Å². The maximum absolute atomic E-state index is 9.64. The van der Waals surface area contributed by atoms with Crippen LogP contribution in [0.3, 0.4) is 0 Å². The van der Waals surface area contributed by atoms with Crippen LogP contribution in [0, 0.1) is 0 Å². The summed E-state index contributed by atoms with van der Waals surface area (Å²) in [5, 5.41) is 23.5. The molecule has 6 heteroatoms. The summed E-state index contributed by atoms with van der Waals surface area (Å²) in [5.41, 5.74) is 10.7. The van der Waals surface area contributed by atoms with E-state index in [-0.39, 0.29) is 11.6 Å². The molecule has 0 unspecified atom stereocenters. The molecule has 138 valence electrons. The molecule has 0 aliphatic heterocycles. The SMILES string of the molecule is N/C(=N\O)c1cc(Cl)cc(-c2ccc(O)cc2)c1-c1ccc2ncccc2c1. The fourth-order valence-corrected chi connectivity index (χ4v) is 3.49. The van der Waals surface area contributed by atoms with Crippen LogP contribution in [-0.4, -0.2) is 21.1 Å². The molecule has 0 aliphatic rings. The maximum Gasteiger partial charge on any atom is 0.170 e. The first-order chi connectivity index (χ1) is 13.6. The number of aromatic hydroxyl groups is 1. The first kappa shape index (κ1) is 17.8. The van der Waals surface area contributed by atoms with Crippen LogP contribution >= 0.6 is 11.6 Å². The van der Waals surface area contributed by atoms with Crippen molar-refractivity contribution in [3.8, 4) is 28.0 Å². The molecule has 28 heavy (non-hydrogen) atoms. The van der Waals surface area contributed by atoms with Crippen LogP contribution in [0.2, 0.25) is 5.02 Å². The van der Waals surface area contributed by atoms with Gasteiger partial charge in [0.25, 0.3) is 0 Å². The molecule has 0 saturated carbocycles. The number of phenolic OH excluding ortho intramolecular Hbond substituents is 1. The molecule has 0 atom stereocenters. The summed E-state index contributed by atoms with van der Waals surface area (Å²) in [5.74, 6) is 0.129. The van der Waals surface area contributed by atoms with Crippen LogP contribution in [0.15, 0.2) is 78.1 Å². The standard InChI is InChI=1S/C22H16ClN3O2/c23-16-11-18(13-3-6-17(27)7-4-13)21(19(12-16)22(24)26-28)15-5-8-20-14(10-15)2-1-9-25-20/h1-12,27-28H,(H2,24,26). The molecule has 0 amide bonds. The van der Waals surface area contributed by atoms with Gasteiger partial charge in [0.2, 0.25) is 0 Å². The minimum absolute atomic E-state index is 0.0381. The van der Waals surface area contributed by atoms with Crippen molar-refractivity contribution < 1.29 is 10.3 Å². The Hall–Kier alpha value is -3.57. The third kappa shape index (κ3) is 3.23. The predicted molar refractivity (Wildman–Crippen MR) is 112 cm³/mol. The number of pyridine rings is 1. The molecular formula is C22H16ClN3O2. The zero-order chi connectivity index (χ0) is 19.7. The first-order valence-electron chi connectivity index (χ1n) is 8.53. The highest BCUT2D eigenvalue weighted by Gasteiger charge is 2.17. The maximum atomic E-state index is 9.64. The molecule has 0 bridgehead atoms. The van der Waals surface area contributed by atoms with Crippen LogP contribution in [0.4, 0.5) is 0 Å². The average molecular weight is 390 g/mol. The van der Waals surface area contributed by atoms with Gasteiger partial charge in [0.1, 0.15) is 5.75 Å². The third-order valence-electron chi connectivity index (χ3n) is 4.56. The molecule has 5 nitrogen and oxygen atoms in total. The van der Waals surface area contributed by atoms with Crippen LogP contribution in [0.25, 0.3) is 33.2 Å². The largest absolute Gasteiger partial charge is 0.508 e. The second-order valence-corrected chi connectivity index (χ2v) is 6.76. The highest BCUT2D eigenvalue weighted by atomic mass is 35.5. The van der Waals surface area contributed by atoms with E-state index in [9.17, 15) is 10.3 Å². The van der Waals surface area contributed by atoms with Gasteiger partial charge < -0.3 is 16.0 Å². The van der Waals surface area contributed by atoms with Crippen LogP contribution in [0.5, 0.6) is 5.75 Å². The lowest BCUT2D eigenvalue weighted by atomic mass is 9.89. The number of oxime groups is 1. The van der Waals surface area contributed by atoms with Crippen molar-refractivity contribution in [3.05, 3.63) is 83.5 Å². The molecule has 1 heterocycles. The minimum Gasteiger partial charge on any atom is -0.508 e. The van der Waals surface area contributed by atoms with Gasteiger partial charge in [-0.3, -0.25) is 4.98 Å². The minimum atomic E-state index is -0.0381. The number of nitrogens with zero attached hydrogens (tertiary/aromatic N) is 2. The molecule has 0 spiro atoms. The molecule has 0 radical (unpaired) electrons. The lowest BCUT2D eigenvalue weighted by molar-refractivity contribution is 0.318. The fourth-order valence-electron chi connectivity index (χ4n) is 3.27. The molecule has 1 aromatic heterocycles. The second kappa shape index (κ2) is 7.21. The Balaban J connectivity index is 2.05. The van der Waals surface area contributed by atoms with Gasteiger partial charge in [-0.15, -0.1) is 0 Å². The number of hydrogen-bond donors (Lipinski definition) is 3. The van der Waals surface area contributed by atoms with E-state index in [1.54, 1.807) is 36.5 Å². The van der Waals surface area contributed by atoms with E-state index in [1.807, 2.05) is 36.4 Å². The van der Waals surface area contributed by atoms with Gasteiger partial charge in [0.15, 0.2) is 5.84 Å². The number of aromatic nitrogens is 1. The second-order valence-electron chi connectivity index (χ2n) is 6.32. The Morgan fingerprint density at radius 1 is 0.964 bits per heavy atom. The third-order valence-corrected chi connectivity index (χ3v) is 4.78. The number of nitrogens with two attached hydrogens (primary N) is 1. The summed E-state index contributed by atoms with van der Waals surface area (Å²) >= 11 is 6.34. The van der Waals surface area contributed by atoms with E-state index in [1.165, 1.54) is 0 Å². The average Bonchev–Trinajstić information content (AvgIpc) is 2.72. The summed E-state index contributed by atoms with van der Waals surface area (Å²) in [4.78, 5) is 4.36. The molecule has 4 N–H and O–H groups in total. The van der Waals surface area contributed by atoms with Gasteiger partial charge in [0.05, 0.1) is 5.52 Å². The quantitative estimate of drug-likeness (QED) is 0.198. The highest BCUT2D eigenvalue weighted by Crippen LogP contribution is 2.38. The van der Waals surface area contributed by atoms with Crippen LogP contribution in [0.1, 0.15) is 5.56 Å². The van der Waals surface area contributed by atoms with Crippen molar-refractivity contribution in [2.24, 2.45) is 10.9 Å². The van der Waals surface area contributed by atoms with E-state index < -0.39 is 0 Å². The lowest BCUT2D eigenvalue weighted by Gasteiger charge is -2.16. The number of phenols is 1. The molecule has 0 saturated heterocycles. The monoisotopic (exact) mass is 389 g/mol. The van der Waals surface area contributed by atoms with Crippen molar-refractivity contribution in [1.82, 2.24) is 4.98 Å². The van der Waals surface area contributed by atoms with Crippen molar-refractivity contribution >= 4 is 28.3 Å². The van der Waals surface area contributed by atoms with E-state index in [4.69, 9.17) is 17.3 Å². The Morgan fingerprint density at radius 3 is 2.46 bits per heavy atom. The highest BCUT2D eigenvalue weighted by molar-refractivity contribution is 6.31. The Labute approximate surface area is 166 Å². The number of hydrogen-bond acceptors (Lipinski definition) is 4. The molecule has 4 rings (SSSR count). The Morgan fingerprint density at radius 2 is 1.71 bits per heavy atom. The van der Waals surface area contributed by atoms with Gasteiger partial charge >= 0.3 is 0 Å². The van der Waals surface area contributed by atoms with Crippen molar-refractivity contribution in [1.29, 1.82) is 0 Å². The fraction of sp³-hybridized carbons (Fsp3) is 0. The molecule has 0 aliphatic carbocycles. The lowest BCUT2D eigenvalue weighted by Crippen LogP contribution is -2.15. The van der Waals surface area contributed by atoms with Gasteiger partial charge in [-0.05, 0) is 59.2 Å². The summed E-state index contributed by atoms with van der Waals surface area (Å²) in [6.45, 7) is 0. The van der Waals surface area contributed by atoms with Gasteiger partial charge in [-0.1, -0.05) is 41.0 Å². The smallest absolute Gasteiger partial charge is 0.170 e. The predicted octanol–water partition coefficient (Wildman–Crippen LogP) is 5.02. The Kier molecular flexibility index (Phi) is 4.59. The summed E-state index contributed by atoms with van der Waals surface area (Å²) in [6, 6.07) is 20.0. The van der Waals surface area contributed by atoms with Crippen LogP contribution in [-0.2, 0) is 0 Å². The number of fused-ring (bicyclic) bond motifs is 1. The normalized spacial score (nSPS) is 11.7. The zero-order valence-corrected chi connectivity index (χ0v) is 15.4. The zero-order valence-electron chi connectivity index (χ0n) is 14.7. The van der Waals surface area contributed by atoms with E-state index >= 15 is 0 Å². The Bertz CT molecular complexity index is 1200. The van der Waals surface area contributed by atoms with Crippen molar-refractivity contribution in [2.75, 3.05) is 0 Å². The molecule has 3 aromatic carbocycles. The number of halogens is 1. The van der Waals surface area contributed by atoms with E-state index in [2.05, 4.69) is 10.1 Å². The number of rotatable bonds is 3. The molecule has 0 fully saturated rings. The van der Waals surface area contributed by atoms with Gasteiger partial charge in [-0.25, -0.2) is 0 Å². The van der Waals surface area contributed by atoms with E-state index in [0.29, 0.717) is 10.6 Å². The summed E-state index contributed by atoms with van der Waals surface area (Å²) in [6.07, 6.45) is 1.74. The van der Waals surface area contributed by atoms with Crippen molar-refractivity contribution in [2.45, 2.75) is 0 Å².